The Hall–Kier alpha value is -3.08. The second-order valence-corrected chi connectivity index (χ2v) is 5.97. The standard InChI is InChI=1S/C21H22N2O3/c1-14-21(15(2)26-23-14)17-7-5-16(6-8-17)12-22-13-18-9-10-19(24-3)11-20(18)25-4/h5-12H,13H2,1-4H3. The molecule has 3 aromatic rings. The Labute approximate surface area is 153 Å². The normalized spacial score (nSPS) is 11.1. The molecule has 0 amide bonds. The van der Waals surface area contributed by atoms with Crippen molar-refractivity contribution in [2.75, 3.05) is 14.2 Å². The fourth-order valence-electron chi connectivity index (χ4n) is 2.86. The molecule has 1 aromatic heterocycles. The number of rotatable bonds is 6. The number of methoxy groups -OCH3 is 2. The molecule has 3 rings (SSSR count). The minimum Gasteiger partial charge on any atom is -0.497 e. The molecule has 0 aliphatic carbocycles. The summed E-state index contributed by atoms with van der Waals surface area (Å²) in [5.41, 5.74) is 5.09. The maximum Gasteiger partial charge on any atom is 0.141 e. The molecular formula is C21H22N2O3. The van der Waals surface area contributed by atoms with E-state index in [1.165, 1.54) is 0 Å². The minimum atomic E-state index is 0.540. The van der Waals surface area contributed by atoms with Gasteiger partial charge < -0.3 is 14.0 Å². The predicted octanol–water partition coefficient (Wildman–Crippen LogP) is 4.59. The molecule has 0 N–H and O–H groups in total. The molecule has 1 heterocycles. The van der Waals surface area contributed by atoms with Crippen molar-refractivity contribution in [3.05, 3.63) is 65.0 Å². The first-order chi connectivity index (χ1) is 12.6. The van der Waals surface area contributed by atoms with Crippen molar-refractivity contribution in [3.63, 3.8) is 0 Å². The van der Waals surface area contributed by atoms with E-state index in [1.807, 2.05) is 50.4 Å². The van der Waals surface area contributed by atoms with Gasteiger partial charge in [0, 0.05) is 23.4 Å². The second-order valence-electron chi connectivity index (χ2n) is 5.97. The maximum absolute atomic E-state index is 5.40. The largest absolute Gasteiger partial charge is 0.497 e. The van der Waals surface area contributed by atoms with E-state index in [0.29, 0.717) is 6.54 Å². The first-order valence-electron chi connectivity index (χ1n) is 8.36. The number of nitrogens with zero attached hydrogens (tertiary/aromatic N) is 2. The van der Waals surface area contributed by atoms with E-state index in [9.17, 15) is 0 Å². The summed E-state index contributed by atoms with van der Waals surface area (Å²) in [6.07, 6.45) is 1.86. The Morgan fingerprint density at radius 1 is 1.04 bits per heavy atom. The van der Waals surface area contributed by atoms with Gasteiger partial charge in [0.1, 0.15) is 17.3 Å². The smallest absolute Gasteiger partial charge is 0.141 e. The quantitative estimate of drug-likeness (QED) is 0.610. The van der Waals surface area contributed by atoms with Gasteiger partial charge in [-0.1, -0.05) is 29.4 Å². The number of aryl methyl sites for hydroxylation is 2. The molecule has 134 valence electrons. The number of ether oxygens (including phenoxy) is 2. The Morgan fingerprint density at radius 2 is 1.81 bits per heavy atom. The van der Waals surface area contributed by atoms with Gasteiger partial charge in [-0.05, 0) is 37.1 Å². The molecule has 0 fully saturated rings. The van der Waals surface area contributed by atoms with Gasteiger partial charge in [-0.2, -0.15) is 0 Å². The summed E-state index contributed by atoms with van der Waals surface area (Å²) >= 11 is 0. The summed E-state index contributed by atoms with van der Waals surface area (Å²) in [4.78, 5) is 4.53. The van der Waals surface area contributed by atoms with Crippen molar-refractivity contribution in [1.29, 1.82) is 0 Å². The highest BCUT2D eigenvalue weighted by Gasteiger charge is 2.10. The summed E-state index contributed by atoms with van der Waals surface area (Å²) < 4.78 is 15.9. The summed E-state index contributed by atoms with van der Waals surface area (Å²) in [7, 11) is 3.29. The highest BCUT2D eigenvalue weighted by molar-refractivity contribution is 5.81. The summed E-state index contributed by atoms with van der Waals surface area (Å²) in [5, 5.41) is 4.00. The second kappa shape index (κ2) is 7.87. The average Bonchev–Trinajstić information content (AvgIpc) is 3.01. The topological polar surface area (TPSA) is 56.9 Å². The Balaban J connectivity index is 1.72. The van der Waals surface area contributed by atoms with Crippen molar-refractivity contribution in [2.24, 2.45) is 4.99 Å². The minimum absolute atomic E-state index is 0.540. The molecule has 0 aliphatic heterocycles. The third kappa shape index (κ3) is 3.77. The first kappa shape index (κ1) is 17.7. The van der Waals surface area contributed by atoms with E-state index in [2.05, 4.69) is 22.3 Å². The van der Waals surface area contributed by atoms with E-state index in [4.69, 9.17) is 14.0 Å². The van der Waals surface area contributed by atoms with Crippen molar-refractivity contribution in [3.8, 4) is 22.6 Å². The zero-order chi connectivity index (χ0) is 18.5. The summed E-state index contributed by atoms with van der Waals surface area (Å²) in [6, 6.07) is 13.9. The van der Waals surface area contributed by atoms with Gasteiger partial charge in [-0.15, -0.1) is 0 Å². The molecule has 0 saturated heterocycles. The Kier molecular flexibility index (Phi) is 5.37. The van der Waals surface area contributed by atoms with Crippen LogP contribution in [0.15, 0.2) is 52.0 Å². The van der Waals surface area contributed by atoms with Crippen molar-refractivity contribution >= 4 is 6.21 Å². The van der Waals surface area contributed by atoms with E-state index in [0.717, 1.165) is 45.2 Å². The molecule has 0 unspecified atom stereocenters. The highest BCUT2D eigenvalue weighted by Crippen LogP contribution is 2.27. The van der Waals surface area contributed by atoms with Crippen LogP contribution in [-0.2, 0) is 6.54 Å². The molecule has 0 radical (unpaired) electrons. The number of aliphatic imine (C=N–C) groups is 1. The number of aromatic nitrogens is 1. The molecule has 26 heavy (non-hydrogen) atoms. The number of hydrogen-bond donors (Lipinski definition) is 0. The lowest BCUT2D eigenvalue weighted by Gasteiger charge is -2.08. The molecule has 5 nitrogen and oxygen atoms in total. The molecular weight excluding hydrogens is 328 g/mol. The maximum atomic E-state index is 5.40. The van der Waals surface area contributed by atoms with Crippen molar-refractivity contribution < 1.29 is 14.0 Å². The molecule has 2 aromatic carbocycles. The van der Waals surface area contributed by atoms with E-state index < -0.39 is 0 Å². The van der Waals surface area contributed by atoms with Gasteiger partial charge in [-0.25, -0.2) is 0 Å². The van der Waals surface area contributed by atoms with Crippen LogP contribution in [-0.4, -0.2) is 25.6 Å². The van der Waals surface area contributed by atoms with Crippen molar-refractivity contribution in [1.82, 2.24) is 5.16 Å². The fraction of sp³-hybridized carbons (Fsp3) is 0.238. The highest BCUT2D eigenvalue weighted by atomic mass is 16.5. The molecule has 5 heteroatoms. The third-order valence-electron chi connectivity index (χ3n) is 4.23. The van der Waals surface area contributed by atoms with Crippen LogP contribution in [0.1, 0.15) is 22.6 Å². The SMILES string of the molecule is COc1ccc(CN=Cc2ccc(-c3c(C)noc3C)cc2)c(OC)c1. The van der Waals surface area contributed by atoms with Crippen LogP contribution in [0.2, 0.25) is 0 Å². The summed E-state index contributed by atoms with van der Waals surface area (Å²) in [5.74, 6) is 2.37. The molecule has 0 atom stereocenters. The van der Waals surface area contributed by atoms with Gasteiger partial charge in [0.15, 0.2) is 0 Å². The lowest BCUT2D eigenvalue weighted by atomic mass is 10.0. The van der Waals surface area contributed by atoms with Gasteiger partial charge in [0.25, 0.3) is 0 Å². The van der Waals surface area contributed by atoms with Crippen LogP contribution < -0.4 is 9.47 Å². The zero-order valence-corrected chi connectivity index (χ0v) is 15.4. The lowest BCUT2D eigenvalue weighted by molar-refractivity contribution is 0.391. The lowest BCUT2D eigenvalue weighted by Crippen LogP contribution is -1.93. The first-order valence-corrected chi connectivity index (χ1v) is 8.36. The van der Waals surface area contributed by atoms with Crippen LogP contribution in [0.3, 0.4) is 0 Å². The van der Waals surface area contributed by atoms with Gasteiger partial charge in [0.2, 0.25) is 0 Å². The van der Waals surface area contributed by atoms with Gasteiger partial charge in [-0.3, -0.25) is 4.99 Å². The van der Waals surface area contributed by atoms with Crippen molar-refractivity contribution in [2.45, 2.75) is 20.4 Å². The Bertz CT molecular complexity index is 892. The van der Waals surface area contributed by atoms with Crippen LogP contribution in [0.5, 0.6) is 11.5 Å². The van der Waals surface area contributed by atoms with Gasteiger partial charge in [0.05, 0.1) is 26.5 Å². The van der Waals surface area contributed by atoms with E-state index in [-0.39, 0.29) is 0 Å². The van der Waals surface area contributed by atoms with E-state index >= 15 is 0 Å². The fourth-order valence-corrected chi connectivity index (χ4v) is 2.86. The predicted molar refractivity (Wildman–Crippen MR) is 102 cm³/mol. The van der Waals surface area contributed by atoms with Gasteiger partial charge >= 0.3 is 0 Å². The molecule has 0 bridgehead atoms. The zero-order valence-electron chi connectivity index (χ0n) is 15.4. The average molecular weight is 350 g/mol. The van der Waals surface area contributed by atoms with Crippen LogP contribution in [0.4, 0.5) is 0 Å². The monoisotopic (exact) mass is 350 g/mol. The molecule has 0 aliphatic rings. The van der Waals surface area contributed by atoms with Crippen LogP contribution in [0.25, 0.3) is 11.1 Å². The third-order valence-corrected chi connectivity index (χ3v) is 4.23. The molecule has 0 spiro atoms. The number of hydrogen-bond acceptors (Lipinski definition) is 5. The van der Waals surface area contributed by atoms with Crippen LogP contribution >= 0.6 is 0 Å². The molecule has 0 saturated carbocycles. The summed E-state index contributed by atoms with van der Waals surface area (Å²) in [6.45, 7) is 4.41. The number of benzene rings is 2. The van der Waals surface area contributed by atoms with E-state index in [1.54, 1.807) is 14.2 Å². The van der Waals surface area contributed by atoms with Crippen LogP contribution in [0, 0.1) is 13.8 Å². The Morgan fingerprint density at radius 3 is 2.42 bits per heavy atom.